The van der Waals surface area contributed by atoms with Crippen LogP contribution in [-0.4, -0.2) is 164 Å². The first kappa shape index (κ1) is 85.6. The molecular formula is C62H56BrClN2O32S2. The molecule has 34 nitrogen and oxygen atoms in total. The molecule has 0 bridgehead atoms. The average Bonchev–Trinajstić information content (AvgIpc) is 0.839. The number of benzene rings is 8. The van der Waals surface area contributed by atoms with Crippen molar-refractivity contribution in [1.29, 1.82) is 0 Å². The number of nitro groups is 2. The molecule has 100 heavy (non-hydrogen) atoms. The fraction of sp³-hybridized carbons (Fsp3) is 0.0968. The second-order valence-corrected chi connectivity index (χ2v) is 24.1. The Balaban J connectivity index is 0.000000572. The molecule has 0 heterocycles. The van der Waals surface area contributed by atoms with Gasteiger partial charge in [-0.25, -0.2) is 8.42 Å². The Morgan fingerprint density at radius 2 is 0.700 bits per heavy atom. The second-order valence-electron chi connectivity index (χ2n) is 19.6. The van der Waals surface area contributed by atoms with Crippen molar-refractivity contribution in [3.8, 4) is 86.2 Å². The van der Waals surface area contributed by atoms with Crippen molar-refractivity contribution in [3.63, 3.8) is 0 Å². The predicted molar refractivity (Wildman–Crippen MR) is 352 cm³/mol. The fourth-order valence-electron chi connectivity index (χ4n) is 7.18. The third-order valence-electron chi connectivity index (χ3n) is 12.2. The highest BCUT2D eigenvalue weighted by Crippen LogP contribution is 2.41. The molecule has 0 spiro atoms. The molecule has 0 aliphatic rings. The van der Waals surface area contributed by atoms with E-state index in [-0.39, 0.29) is 90.1 Å². The number of halogens is 2. The van der Waals surface area contributed by atoms with E-state index in [2.05, 4.69) is 15.9 Å². The molecule has 8 rings (SSSR count). The van der Waals surface area contributed by atoms with Gasteiger partial charge in [-0.1, -0.05) is 11.6 Å². The van der Waals surface area contributed by atoms with Gasteiger partial charge in [0.1, 0.15) is 41.2 Å². The number of phenolic OH excluding ortho intramolecular Hbond substituents is 15. The van der Waals surface area contributed by atoms with Crippen LogP contribution in [0.3, 0.4) is 0 Å². The van der Waals surface area contributed by atoms with Crippen molar-refractivity contribution in [2.24, 2.45) is 0 Å². The molecule has 8 aromatic rings. The van der Waals surface area contributed by atoms with Crippen LogP contribution in [0.2, 0.25) is 5.02 Å². The lowest BCUT2D eigenvalue weighted by atomic mass is 10.1. The van der Waals surface area contributed by atoms with Crippen LogP contribution in [0, 0.1) is 54.8 Å². The number of aryl methyl sites for hydroxylation is 5. The van der Waals surface area contributed by atoms with Gasteiger partial charge in [0.25, 0.3) is 10.1 Å². The van der Waals surface area contributed by atoms with Gasteiger partial charge in [-0.2, -0.15) is 8.42 Å². The van der Waals surface area contributed by atoms with Gasteiger partial charge in [0, 0.05) is 51.3 Å². The van der Waals surface area contributed by atoms with Crippen LogP contribution < -0.4 is 0 Å². The van der Waals surface area contributed by atoms with Gasteiger partial charge in [-0.15, -0.1) is 0 Å². The highest BCUT2D eigenvalue weighted by molar-refractivity contribution is 9.10. The summed E-state index contributed by atoms with van der Waals surface area (Å²) in [5, 5.41) is 157. The smallest absolute Gasteiger partial charge is 0.325 e. The van der Waals surface area contributed by atoms with Crippen molar-refractivity contribution in [2.45, 2.75) is 44.4 Å². The highest BCUT2D eigenvalue weighted by Gasteiger charge is 2.24. The summed E-state index contributed by atoms with van der Waals surface area (Å²) in [7, 11) is -8.31. The zero-order chi connectivity index (χ0) is 77.3. The molecule has 0 fully saturated rings. The van der Waals surface area contributed by atoms with Gasteiger partial charge in [-0.3, -0.25) is 63.1 Å². The van der Waals surface area contributed by atoms with Crippen LogP contribution in [0.5, 0.6) is 86.2 Å². The molecule has 0 saturated carbocycles. The summed E-state index contributed by atoms with van der Waals surface area (Å²) in [4.78, 5) is 100. The predicted octanol–water partition coefficient (Wildman–Crippen LogP) is 9.00. The Morgan fingerprint density at radius 3 is 1.05 bits per heavy atom. The number of aldehydes is 8. The van der Waals surface area contributed by atoms with E-state index in [1.54, 1.807) is 27.7 Å². The van der Waals surface area contributed by atoms with Crippen LogP contribution in [0.4, 0.5) is 11.4 Å². The summed E-state index contributed by atoms with van der Waals surface area (Å²) in [5.41, 5.74) is 1.89. The number of nitro benzene ring substituents is 2. The van der Waals surface area contributed by atoms with Gasteiger partial charge >= 0.3 is 11.4 Å². The molecule has 16 N–H and O–H groups in total. The topological polar surface area (TPSA) is 615 Å². The van der Waals surface area contributed by atoms with Crippen LogP contribution in [-0.2, 0) is 20.0 Å². The van der Waals surface area contributed by atoms with E-state index in [9.17, 15) is 95.8 Å². The number of sulfone groups is 1. The van der Waals surface area contributed by atoms with E-state index in [4.69, 9.17) is 72.3 Å². The van der Waals surface area contributed by atoms with Crippen molar-refractivity contribution < 1.29 is 146 Å². The second kappa shape index (κ2) is 37.7. The van der Waals surface area contributed by atoms with E-state index < -0.39 is 97.0 Å². The Kier molecular flexibility index (Phi) is 32.3. The van der Waals surface area contributed by atoms with Crippen LogP contribution in [0.1, 0.15) is 111 Å². The van der Waals surface area contributed by atoms with Crippen LogP contribution in [0.25, 0.3) is 0 Å². The third kappa shape index (κ3) is 23.7. The Bertz CT molecular complexity index is 4450. The Hall–Kier alpha value is -12.4. The van der Waals surface area contributed by atoms with Gasteiger partial charge < -0.3 is 76.6 Å². The van der Waals surface area contributed by atoms with Gasteiger partial charge in [0.15, 0.2) is 109 Å². The molecule has 0 saturated heterocycles. The zero-order valence-corrected chi connectivity index (χ0v) is 55.8. The number of rotatable bonds is 12. The zero-order valence-electron chi connectivity index (χ0n) is 51.9. The van der Waals surface area contributed by atoms with Crippen molar-refractivity contribution in [2.75, 3.05) is 6.26 Å². The van der Waals surface area contributed by atoms with E-state index in [1.165, 1.54) is 49.4 Å². The molecule has 8 aromatic carbocycles. The number of hydrogen-bond donors (Lipinski definition) is 16. The van der Waals surface area contributed by atoms with Gasteiger partial charge in [0.2, 0.25) is 5.75 Å². The number of carbonyl (C=O) groups is 8. The fourth-order valence-corrected chi connectivity index (χ4v) is 9.20. The first-order valence-electron chi connectivity index (χ1n) is 26.4. The molecule has 532 valence electrons. The van der Waals surface area contributed by atoms with Gasteiger partial charge in [0.05, 0.1) is 24.9 Å². The van der Waals surface area contributed by atoms with Gasteiger partial charge in [-0.05, 0) is 157 Å². The van der Waals surface area contributed by atoms with Crippen LogP contribution >= 0.6 is 27.5 Å². The molecule has 0 amide bonds. The maximum atomic E-state index is 11.1. The maximum absolute atomic E-state index is 11.1. The van der Waals surface area contributed by atoms with Crippen molar-refractivity contribution in [1.82, 2.24) is 0 Å². The summed E-state index contributed by atoms with van der Waals surface area (Å²) in [6.07, 6.45) is 4.62. The lowest BCUT2D eigenvalue weighted by molar-refractivity contribution is -0.386. The number of carbonyl (C=O) groups excluding carboxylic acids is 8. The normalized spacial score (nSPS) is 10.1. The summed E-state index contributed by atoms with van der Waals surface area (Å²) < 4.78 is 52.3. The highest BCUT2D eigenvalue weighted by atomic mass is 79.9. The first-order chi connectivity index (χ1) is 46.3. The summed E-state index contributed by atoms with van der Waals surface area (Å²) in [6, 6.07) is 16.4. The minimum absolute atomic E-state index is 0.0132. The van der Waals surface area contributed by atoms with Crippen molar-refractivity contribution in [3.05, 3.63) is 187 Å². The number of phenols is 15. The monoisotopic (exact) mass is 1520 g/mol. The van der Waals surface area contributed by atoms with E-state index in [0.717, 1.165) is 48.7 Å². The first-order valence-corrected chi connectivity index (χ1v) is 30.9. The SMILES string of the molecule is CS(=O)(=O)c1cc(C=O)cc(O)c1O.Cc1cc(C=O)c(Br)c(O)c1O.Cc1cc(C=O)c(Cl)c(O)c1O.Cc1cc(C=O)cc(O)c1O.Cc1cc(C=O)cc(O)c1O.Cc1cc(C=O)cc([N+](=O)[O-])c1O.O=Cc1cc(O)c(O)c(S(=O)(=O)O)c1.O=Cc1ccc(O)c(O)c1[N+](=O)[O-]. The molecule has 38 heteroatoms. The number of nitrogens with zero attached hydrogens (tertiary/aromatic N) is 2. The average molecular weight is 1520 g/mol. The maximum Gasteiger partial charge on any atom is 0.325 e. The van der Waals surface area contributed by atoms with Crippen molar-refractivity contribution >= 4 is 109 Å². The minimum Gasteiger partial charge on any atom is -0.504 e. The largest absolute Gasteiger partial charge is 0.504 e. The Morgan fingerprint density at radius 1 is 0.370 bits per heavy atom. The van der Waals surface area contributed by atoms with E-state index in [0.29, 0.717) is 82.2 Å². The Labute approximate surface area is 576 Å². The lowest BCUT2D eigenvalue weighted by Gasteiger charge is -2.05. The van der Waals surface area contributed by atoms with E-state index in [1.807, 2.05) is 0 Å². The number of hydrogen-bond acceptors (Lipinski definition) is 31. The van der Waals surface area contributed by atoms with Crippen LogP contribution in [0.15, 0.2) is 99.2 Å². The number of aromatic hydroxyl groups is 15. The molecule has 0 unspecified atom stereocenters. The molecule has 0 aliphatic heterocycles. The quantitative estimate of drug-likeness (QED) is 0.0178. The third-order valence-corrected chi connectivity index (χ3v) is 15.4. The minimum atomic E-state index is -4.66. The molecule has 0 aromatic heterocycles. The summed E-state index contributed by atoms with van der Waals surface area (Å²) in [6.45, 7) is 7.90. The molecule has 0 aliphatic carbocycles. The molecule has 0 atom stereocenters. The standard InChI is InChI=1S/C8H7BrO3.C8H7ClO3.C8H7NO4.C8H8O5S.2C8H8O3.C7H5NO5.C7H6O6S/c2*1-4-2-5(3-10)6(9)8(12)7(4)11;1-5-2-6(4-10)3-7(8(5)11)9(12)13;1-14(12,13)7-3-5(4-9)2-6(10)8(7)11;2*1-5-2-6(4-9)3-7(10)8(5)11;9-3-4-1-2-5(10)7(11)6(4)8(12)13;8-3-4-1-5(9)7(10)6(2-4)14(11,12)13/h2*2-3,11-12H,1H3;2-4,11H,1H3;2-4,10-11H,1H3;2*2-4,10-11H,1H3;1-3,10-11H;1-3,9-10H,(H,11,12,13). The summed E-state index contributed by atoms with van der Waals surface area (Å²) in [5.74, 6) is -7.14. The molecule has 0 radical (unpaired) electrons. The molecular weight excluding hydrogens is 1460 g/mol. The lowest BCUT2D eigenvalue weighted by Crippen LogP contribution is -1.99. The summed E-state index contributed by atoms with van der Waals surface area (Å²) >= 11 is 8.51. The van der Waals surface area contributed by atoms with E-state index >= 15 is 0 Å².